The van der Waals surface area contributed by atoms with Crippen LogP contribution in [0.4, 0.5) is 34.1 Å². The van der Waals surface area contributed by atoms with Crippen LogP contribution in [0.2, 0.25) is 0 Å². The highest BCUT2D eigenvalue weighted by Crippen LogP contribution is 2.71. The first-order valence-electron chi connectivity index (χ1n) is 34.6. The highest BCUT2D eigenvalue weighted by molar-refractivity contribution is 6.16. The van der Waals surface area contributed by atoms with Gasteiger partial charge in [0.2, 0.25) is 0 Å². The van der Waals surface area contributed by atoms with Gasteiger partial charge in [0.25, 0.3) is 0 Å². The normalized spacial score (nSPS) is 19.0. The maximum Gasteiger partial charge on any atom is 0.143 e. The van der Waals surface area contributed by atoms with Crippen LogP contribution in [0.1, 0.15) is 95.9 Å². The molecule has 0 atom stereocenters. The van der Waals surface area contributed by atoms with Gasteiger partial charge in [-0.25, -0.2) is 0 Å². The largest absolute Gasteiger partial charge is 0.456 e. The second kappa shape index (κ2) is 20.2. The third-order valence-corrected chi connectivity index (χ3v) is 23.0. The molecular weight excluding hydrogens is 1170 g/mol. The maximum atomic E-state index is 7.64. The van der Waals surface area contributed by atoms with Crippen molar-refractivity contribution in [1.82, 2.24) is 0 Å². The van der Waals surface area contributed by atoms with E-state index < -0.39 is 0 Å². The topological polar surface area (TPSA) is 59.0 Å². The van der Waals surface area contributed by atoms with Gasteiger partial charge in [0, 0.05) is 118 Å². The first-order valence-corrected chi connectivity index (χ1v) is 34.6. The van der Waals surface area contributed by atoms with Crippen LogP contribution in [0.5, 0.6) is 0 Å². The summed E-state index contributed by atoms with van der Waals surface area (Å²) in [7, 11) is 0. The molecule has 466 valence electrons. The predicted molar refractivity (Wildman–Crippen MR) is 396 cm³/mol. The van der Waals surface area contributed by atoms with Gasteiger partial charge in [-0.15, -0.1) is 0 Å². The Labute approximate surface area is 558 Å². The first kappa shape index (κ1) is 55.9. The van der Waals surface area contributed by atoms with E-state index in [-0.39, 0.29) is 16.2 Å². The van der Waals surface area contributed by atoms with Gasteiger partial charge in [0.1, 0.15) is 44.7 Å². The molecule has 0 aliphatic heterocycles. The molecule has 4 bridgehead atoms. The molecule has 96 heavy (non-hydrogen) atoms. The third-order valence-electron chi connectivity index (χ3n) is 23.0. The van der Waals surface area contributed by atoms with Crippen molar-refractivity contribution in [1.29, 1.82) is 0 Å². The standard InChI is InChI=1S/C90H72N2O4/c1-88(2,3)58-23-15-54(16-24-58)56-19-27-62(28-20-56)91(64-31-35-70-68-11-7-9-13-78(68)93-80(70)48-64)66-33-37-72-74-41-42-77-84(86(74)95-82(72)50-66)76-40-39-75-73-38-34-67(51-83(73)96-87(75)85(76)90(77)60-44-52-43-53(46-60)47-61(90)45-52)92(65-32-36-71-69-12-8-10-14-79(69)94-81(71)49-65)63-29-21-57(22-30-63)55-17-25-59(26-18-55)89(4,5)6/h7-42,48-53,60-61H,43-47H2,1-6H3. The van der Waals surface area contributed by atoms with Crippen molar-refractivity contribution in [2.75, 3.05) is 9.80 Å². The van der Waals surface area contributed by atoms with Crippen molar-refractivity contribution in [3.63, 3.8) is 0 Å². The van der Waals surface area contributed by atoms with Crippen molar-refractivity contribution >= 4 is 122 Å². The van der Waals surface area contributed by atoms with Crippen molar-refractivity contribution in [3.8, 4) is 33.4 Å². The molecule has 0 unspecified atom stereocenters. The molecule has 1 spiro atoms. The van der Waals surface area contributed by atoms with Gasteiger partial charge in [0.15, 0.2) is 0 Å². The Morgan fingerprint density at radius 1 is 0.312 bits per heavy atom. The van der Waals surface area contributed by atoms with Gasteiger partial charge in [-0.1, -0.05) is 169 Å². The van der Waals surface area contributed by atoms with Crippen LogP contribution in [-0.2, 0) is 16.2 Å². The first-order chi connectivity index (χ1) is 46.7. The van der Waals surface area contributed by atoms with Crippen LogP contribution in [0.25, 0.3) is 121 Å². The van der Waals surface area contributed by atoms with Crippen LogP contribution < -0.4 is 9.80 Å². The zero-order valence-corrected chi connectivity index (χ0v) is 55.0. The molecule has 5 aliphatic rings. The molecule has 0 amide bonds. The van der Waals surface area contributed by atoms with E-state index in [0.717, 1.165) is 128 Å². The minimum absolute atomic E-state index is 0.0812. The Bertz CT molecular complexity index is 5830. The molecule has 4 heterocycles. The zero-order valence-electron chi connectivity index (χ0n) is 55.0. The Balaban J connectivity index is 0.731. The lowest BCUT2D eigenvalue weighted by molar-refractivity contribution is -0.0396. The van der Waals surface area contributed by atoms with E-state index in [0.29, 0.717) is 11.8 Å². The summed E-state index contributed by atoms with van der Waals surface area (Å²) in [6.07, 6.45) is 6.37. The molecule has 6 heteroatoms. The summed E-state index contributed by atoms with van der Waals surface area (Å²) >= 11 is 0. The van der Waals surface area contributed by atoms with Crippen molar-refractivity contribution in [2.45, 2.75) is 89.9 Å². The van der Waals surface area contributed by atoms with Crippen LogP contribution in [0.3, 0.4) is 0 Å². The number of anilines is 6. The van der Waals surface area contributed by atoms with Gasteiger partial charge < -0.3 is 27.5 Å². The average molecular weight is 1250 g/mol. The highest BCUT2D eigenvalue weighted by Gasteiger charge is 2.63. The van der Waals surface area contributed by atoms with Crippen LogP contribution >= 0.6 is 0 Å². The van der Waals surface area contributed by atoms with E-state index in [1.54, 1.807) is 0 Å². The van der Waals surface area contributed by atoms with Gasteiger partial charge in [-0.3, -0.25) is 0 Å². The molecular formula is C90H72N2O4. The third kappa shape index (κ3) is 8.30. The minimum atomic E-state index is -0.206. The Morgan fingerprint density at radius 3 is 1.09 bits per heavy atom. The van der Waals surface area contributed by atoms with Gasteiger partial charge in [0.05, 0.1) is 0 Å². The maximum absolute atomic E-state index is 7.64. The number of nitrogens with zero attached hydrogens (tertiary/aromatic N) is 2. The van der Waals surface area contributed by atoms with E-state index in [9.17, 15) is 0 Å². The molecule has 4 aromatic heterocycles. The van der Waals surface area contributed by atoms with Crippen molar-refractivity contribution in [3.05, 3.63) is 265 Å². The summed E-state index contributed by atoms with van der Waals surface area (Å²) in [5.41, 5.74) is 26.0. The molecule has 12 aromatic carbocycles. The zero-order chi connectivity index (χ0) is 64.1. The summed E-state index contributed by atoms with van der Waals surface area (Å²) in [4.78, 5) is 4.71. The summed E-state index contributed by atoms with van der Waals surface area (Å²) in [6.45, 7) is 13.6. The number of rotatable bonds is 8. The number of fused-ring (bicyclic) bond motifs is 17. The fraction of sp³-hybridized carbons (Fsp3) is 0.200. The van der Waals surface area contributed by atoms with Crippen molar-refractivity contribution < 1.29 is 17.7 Å². The van der Waals surface area contributed by atoms with Crippen LogP contribution in [0, 0.1) is 23.7 Å². The lowest BCUT2D eigenvalue weighted by Crippen LogP contribution is -2.55. The molecule has 4 fully saturated rings. The quantitative estimate of drug-likeness (QED) is 0.151. The highest BCUT2D eigenvalue weighted by atomic mass is 16.3. The van der Waals surface area contributed by atoms with Gasteiger partial charge in [-0.05, 0) is 202 Å². The number of hydrogen-bond acceptors (Lipinski definition) is 6. The van der Waals surface area contributed by atoms with E-state index in [1.807, 2.05) is 12.1 Å². The predicted octanol–water partition coefficient (Wildman–Crippen LogP) is 25.9. The van der Waals surface area contributed by atoms with E-state index >= 15 is 0 Å². The second-order valence-corrected chi connectivity index (χ2v) is 30.4. The molecule has 4 saturated carbocycles. The number of para-hydroxylation sites is 2. The van der Waals surface area contributed by atoms with E-state index in [2.05, 4.69) is 282 Å². The number of furan rings is 4. The molecule has 0 radical (unpaired) electrons. The SMILES string of the molecule is CC(C)(C)c1ccc(-c2ccc(N(c3ccc4c(c3)oc3ccccc34)c3ccc4c(c3)oc3c5c(ccc34)C3(c4c-5ccc5c4oc4cc(N(c6ccc(-c7ccc(C(C)(C)C)cc7)cc6)c6ccc7c(c6)oc6ccccc67)ccc45)C4CC5CC(C4)CC3C5)cc2)cc1. The fourth-order valence-electron chi connectivity index (χ4n) is 18.6. The van der Waals surface area contributed by atoms with E-state index in [4.69, 9.17) is 17.7 Å². The smallest absolute Gasteiger partial charge is 0.143 e. The van der Waals surface area contributed by atoms with Gasteiger partial charge in [-0.2, -0.15) is 0 Å². The molecule has 6 nitrogen and oxygen atoms in total. The summed E-state index contributed by atoms with van der Waals surface area (Å²) in [5, 5.41) is 8.98. The fourth-order valence-corrected chi connectivity index (χ4v) is 18.6. The minimum Gasteiger partial charge on any atom is -0.456 e. The molecule has 16 aromatic rings. The molecule has 5 aliphatic carbocycles. The Hall–Kier alpha value is -10.6. The molecule has 0 saturated heterocycles. The number of hydrogen-bond donors (Lipinski definition) is 0. The second-order valence-electron chi connectivity index (χ2n) is 30.4. The number of benzene rings is 12. The lowest BCUT2D eigenvalue weighted by atomic mass is 9.43. The lowest BCUT2D eigenvalue weighted by Gasteiger charge is -2.61. The molecule has 0 N–H and O–H groups in total. The van der Waals surface area contributed by atoms with E-state index in [1.165, 1.54) is 93.1 Å². The van der Waals surface area contributed by atoms with Crippen molar-refractivity contribution in [2.24, 2.45) is 23.7 Å². The summed E-state index contributed by atoms with van der Waals surface area (Å²) in [5.74, 6) is 2.56. The van der Waals surface area contributed by atoms with Crippen LogP contribution in [-0.4, -0.2) is 0 Å². The van der Waals surface area contributed by atoms with Crippen LogP contribution in [0.15, 0.2) is 260 Å². The Morgan fingerprint density at radius 2 is 0.656 bits per heavy atom. The average Bonchev–Trinajstić information content (AvgIpc) is 1.48. The summed E-state index contributed by atoms with van der Waals surface area (Å²) in [6, 6.07) is 89.4. The Kier molecular flexibility index (Phi) is 11.8. The monoisotopic (exact) mass is 1240 g/mol. The summed E-state index contributed by atoms with van der Waals surface area (Å²) < 4.78 is 28.3. The molecule has 21 rings (SSSR count). The van der Waals surface area contributed by atoms with Gasteiger partial charge >= 0.3 is 0 Å².